The Kier molecular flexibility index (Phi) is 4.74. The minimum atomic E-state index is 0.720. The molecule has 1 aliphatic carbocycles. The zero-order valence-electron chi connectivity index (χ0n) is 16.6. The number of aryl methyl sites for hydroxylation is 1. The third-order valence-corrected chi connectivity index (χ3v) is 5.53. The Bertz CT molecular complexity index is 1130. The molecular formula is C24H25N5. The van der Waals surface area contributed by atoms with Crippen LogP contribution in [-0.2, 0) is 13.1 Å². The first-order valence-electron chi connectivity index (χ1n) is 10.2. The molecule has 5 rings (SSSR count). The fourth-order valence-electron chi connectivity index (χ4n) is 3.63. The van der Waals surface area contributed by atoms with Crippen LogP contribution >= 0.6 is 0 Å². The fraction of sp³-hybridized carbons (Fsp3) is 0.250. The standard InChI is InChI=1S/C24H25N5/c1-17-13-19(7-8-20(17)15-26-21-9-10-21)22-16-28-24-23(25-11-12-29(22)24)27-14-18-5-3-2-4-6-18/h2-8,11-13,16,21,26H,9-10,14-15H2,1H3,(H,25,27). The van der Waals surface area contributed by atoms with Gasteiger partial charge in [0.1, 0.15) is 0 Å². The number of aromatic nitrogens is 3. The molecule has 2 N–H and O–H groups in total. The molecule has 0 radical (unpaired) electrons. The molecule has 2 aromatic carbocycles. The SMILES string of the molecule is Cc1cc(-c2cnc3c(NCc4ccccc4)nccn23)ccc1CNC1CC1. The molecule has 4 aromatic rings. The Labute approximate surface area is 170 Å². The average Bonchev–Trinajstić information content (AvgIpc) is 3.48. The van der Waals surface area contributed by atoms with Gasteiger partial charge in [0, 0.05) is 37.1 Å². The zero-order valence-corrected chi connectivity index (χ0v) is 16.6. The van der Waals surface area contributed by atoms with Crippen LogP contribution in [0.25, 0.3) is 16.9 Å². The van der Waals surface area contributed by atoms with Gasteiger partial charge in [0.25, 0.3) is 0 Å². The summed E-state index contributed by atoms with van der Waals surface area (Å²) in [4.78, 5) is 9.16. The van der Waals surface area contributed by atoms with Crippen LogP contribution in [0.4, 0.5) is 5.82 Å². The van der Waals surface area contributed by atoms with E-state index < -0.39 is 0 Å². The number of rotatable bonds is 7. The molecule has 29 heavy (non-hydrogen) atoms. The summed E-state index contributed by atoms with van der Waals surface area (Å²) in [6.45, 7) is 3.85. The summed E-state index contributed by atoms with van der Waals surface area (Å²) in [5.41, 5.74) is 6.98. The average molecular weight is 383 g/mol. The lowest BCUT2D eigenvalue weighted by Gasteiger charge is -2.10. The van der Waals surface area contributed by atoms with Gasteiger partial charge in [0.05, 0.1) is 11.9 Å². The van der Waals surface area contributed by atoms with E-state index in [4.69, 9.17) is 0 Å². The first kappa shape index (κ1) is 17.9. The van der Waals surface area contributed by atoms with Crippen molar-refractivity contribution in [3.05, 3.63) is 83.8 Å². The van der Waals surface area contributed by atoms with Gasteiger partial charge in [-0.05, 0) is 42.5 Å². The highest BCUT2D eigenvalue weighted by Crippen LogP contribution is 2.26. The molecule has 2 heterocycles. The lowest BCUT2D eigenvalue weighted by atomic mass is 10.0. The van der Waals surface area contributed by atoms with E-state index in [1.807, 2.05) is 36.8 Å². The topological polar surface area (TPSA) is 54.2 Å². The summed E-state index contributed by atoms with van der Waals surface area (Å²) in [7, 11) is 0. The Morgan fingerprint density at radius 2 is 1.90 bits per heavy atom. The molecule has 0 amide bonds. The molecule has 1 aliphatic rings. The predicted octanol–water partition coefficient (Wildman–Crippen LogP) is 4.57. The van der Waals surface area contributed by atoms with Crippen LogP contribution < -0.4 is 10.6 Å². The van der Waals surface area contributed by atoms with Gasteiger partial charge in [-0.2, -0.15) is 0 Å². The highest BCUT2D eigenvalue weighted by molar-refractivity contribution is 5.71. The predicted molar refractivity (Wildman–Crippen MR) is 117 cm³/mol. The van der Waals surface area contributed by atoms with Gasteiger partial charge >= 0.3 is 0 Å². The van der Waals surface area contributed by atoms with Crippen molar-refractivity contribution in [3.8, 4) is 11.3 Å². The minimum Gasteiger partial charge on any atom is -0.363 e. The molecule has 0 unspecified atom stereocenters. The maximum Gasteiger partial charge on any atom is 0.180 e. The van der Waals surface area contributed by atoms with Crippen LogP contribution in [-0.4, -0.2) is 20.4 Å². The monoisotopic (exact) mass is 383 g/mol. The third-order valence-electron chi connectivity index (χ3n) is 5.53. The smallest absolute Gasteiger partial charge is 0.180 e. The maximum absolute atomic E-state index is 4.65. The van der Waals surface area contributed by atoms with E-state index in [0.717, 1.165) is 36.3 Å². The molecule has 1 saturated carbocycles. The van der Waals surface area contributed by atoms with Crippen LogP contribution in [0.5, 0.6) is 0 Å². The van der Waals surface area contributed by atoms with Crippen molar-refractivity contribution in [1.29, 1.82) is 0 Å². The molecule has 0 atom stereocenters. The first-order valence-corrected chi connectivity index (χ1v) is 10.2. The van der Waals surface area contributed by atoms with E-state index >= 15 is 0 Å². The van der Waals surface area contributed by atoms with E-state index in [9.17, 15) is 0 Å². The second kappa shape index (κ2) is 7.68. The number of anilines is 1. The molecule has 2 aromatic heterocycles. The number of fused-ring (bicyclic) bond motifs is 1. The van der Waals surface area contributed by atoms with E-state index in [1.165, 1.54) is 35.1 Å². The van der Waals surface area contributed by atoms with Crippen molar-refractivity contribution in [3.63, 3.8) is 0 Å². The summed E-state index contributed by atoms with van der Waals surface area (Å²) >= 11 is 0. The van der Waals surface area contributed by atoms with E-state index in [-0.39, 0.29) is 0 Å². The number of nitrogens with one attached hydrogen (secondary N) is 2. The van der Waals surface area contributed by atoms with E-state index in [1.54, 1.807) is 0 Å². The minimum absolute atomic E-state index is 0.720. The Balaban J connectivity index is 1.40. The van der Waals surface area contributed by atoms with Crippen molar-refractivity contribution < 1.29 is 0 Å². The van der Waals surface area contributed by atoms with Crippen molar-refractivity contribution >= 4 is 11.5 Å². The van der Waals surface area contributed by atoms with Crippen LogP contribution in [0.2, 0.25) is 0 Å². The highest BCUT2D eigenvalue weighted by Gasteiger charge is 2.20. The van der Waals surface area contributed by atoms with Gasteiger partial charge in [0.2, 0.25) is 0 Å². The molecule has 5 nitrogen and oxygen atoms in total. The van der Waals surface area contributed by atoms with Crippen LogP contribution in [0.15, 0.2) is 67.1 Å². The van der Waals surface area contributed by atoms with Crippen LogP contribution in [0, 0.1) is 6.92 Å². The first-order chi connectivity index (χ1) is 14.3. The van der Waals surface area contributed by atoms with Crippen molar-refractivity contribution in [2.24, 2.45) is 0 Å². The van der Waals surface area contributed by atoms with E-state index in [0.29, 0.717) is 0 Å². The lowest BCUT2D eigenvalue weighted by molar-refractivity contribution is 0.685. The quantitative estimate of drug-likeness (QED) is 0.491. The molecule has 0 saturated heterocycles. The molecule has 0 bridgehead atoms. The number of hydrogen-bond acceptors (Lipinski definition) is 4. The van der Waals surface area contributed by atoms with Gasteiger partial charge in [-0.3, -0.25) is 4.40 Å². The van der Waals surface area contributed by atoms with Crippen molar-refractivity contribution in [2.75, 3.05) is 5.32 Å². The summed E-state index contributed by atoms with van der Waals surface area (Å²) in [5.74, 6) is 0.796. The molecule has 5 heteroatoms. The van der Waals surface area contributed by atoms with Gasteiger partial charge in [0.15, 0.2) is 11.5 Å². The second-order valence-electron chi connectivity index (χ2n) is 7.75. The van der Waals surface area contributed by atoms with Crippen molar-refractivity contribution in [2.45, 2.75) is 38.9 Å². The number of benzene rings is 2. The molecule has 0 spiro atoms. The summed E-state index contributed by atoms with van der Waals surface area (Å²) in [6, 6.07) is 17.7. The van der Waals surface area contributed by atoms with Crippen molar-refractivity contribution in [1.82, 2.24) is 19.7 Å². The summed E-state index contributed by atoms with van der Waals surface area (Å²) in [5, 5.41) is 7.02. The fourth-order valence-corrected chi connectivity index (χ4v) is 3.63. The third kappa shape index (κ3) is 3.87. The Hall–Kier alpha value is -3.18. The number of imidazole rings is 1. The number of hydrogen-bond donors (Lipinski definition) is 2. The Morgan fingerprint density at radius 3 is 2.69 bits per heavy atom. The highest BCUT2D eigenvalue weighted by atomic mass is 15.1. The van der Waals surface area contributed by atoms with E-state index in [2.05, 4.69) is 62.3 Å². The normalized spacial score (nSPS) is 13.7. The summed E-state index contributed by atoms with van der Waals surface area (Å²) < 4.78 is 2.11. The Morgan fingerprint density at radius 1 is 1.03 bits per heavy atom. The van der Waals surface area contributed by atoms with Gasteiger partial charge in [-0.15, -0.1) is 0 Å². The lowest BCUT2D eigenvalue weighted by Crippen LogP contribution is -2.15. The van der Waals surface area contributed by atoms with Crippen LogP contribution in [0.3, 0.4) is 0 Å². The molecule has 146 valence electrons. The van der Waals surface area contributed by atoms with Gasteiger partial charge < -0.3 is 10.6 Å². The zero-order chi connectivity index (χ0) is 19.6. The molecule has 1 fully saturated rings. The second-order valence-corrected chi connectivity index (χ2v) is 7.75. The molecular weight excluding hydrogens is 358 g/mol. The number of nitrogens with zero attached hydrogens (tertiary/aromatic N) is 3. The van der Waals surface area contributed by atoms with Gasteiger partial charge in [-0.1, -0.05) is 42.5 Å². The van der Waals surface area contributed by atoms with Gasteiger partial charge in [-0.25, -0.2) is 9.97 Å². The van der Waals surface area contributed by atoms with Crippen LogP contribution in [0.1, 0.15) is 29.5 Å². The molecule has 0 aliphatic heterocycles. The largest absolute Gasteiger partial charge is 0.363 e. The maximum atomic E-state index is 4.65. The summed E-state index contributed by atoms with van der Waals surface area (Å²) in [6.07, 6.45) is 8.36.